The first-order valence-corrected chi connectivity index (χ1v) is 11.2. The minimum atomic E-state index is -3.91. The number of rotatable bonds is 8. The summed E-state index contributed by atoms with van der Waals surface area (Å²) in [4.78, 5) is 12.4. The molecule has 7 nitrogen and oxygen atoms in total. The van der Waals surface area contributed by atoms with Gasteiger partial charge in [0.05, 0.1) is 34.9 Å². The summed E-state index contributed by atoms with van der Waals surface area (Å²) in [5.74, 6) is 0.0589. The first-order valence-electron chi connectivity index (χ1n) is 9.35. The lowest BCUT2D eigenvalue weighted by Crippen LogP contribution is -2.22. The average Bonchev–Trinajstić information content (AvgIpc) is 2.74. The van der Waals surface area contributed by atoms with Crippen LogP contribution in [0.5, 0.6) is 5.75 Å². The van der Waals surface area contributed by atoms with Gasteiger partial charge in [-0.05, 0) is 48.9 Å². The van der Waals surface area contributed by atoms with Crippen molar-refractivity contribution in [2.45, 2.75) is 11.8 Å². The minimum absolute atomic E-state index is 0.0286. The standard InChI is InChI=1S/C22H22ClN3O4S/c1-15-11-12-16(25-22(27)14-24-18-8-4-3-7-17(18)23)13-21(15)31(28,29)26-19-9-5-6-10-20(19)30-2/h3-13,24,26H,14H2,1-2H3,(H,25,27). The van der Waals surface area contributed by atoms with Gasteiger partial charge in [0.1, 0.15) is 5.75 Å². The maximum absolute atomic E-state index is 13.0. The Morgan fingerprint density at radius 2 is 1.68 bits per heavy atom. The van der Waals surface area contributed by atoms with Crippen LogP contribution in [0, 0.1) is 6.92 Å². The van der Waals surface area contributed by atoms with Crippen LogP contribution in [0.1, 0.15) is 5.56 Å². The van der Waals surface area contributed by atoms with Crippen molar-refractivity contribution in [1.29, 1.82) is 0 Å². The summed E-state index contributed by atoms with van der Waals surface area (Å²) in [6.45, 7) is 1.65. The minimum Gasteiger partial charge on any atom is -0.495 e. The van der Waals surface area contributed by atoms with Crippen molar-refractivity contribution in [3.63, 3.8) is 0 Å². The third-order valence-corrected chi connectivity index (χ3v) is 6.26. The Balaban J connectivity index is 1.75. The maximum Gasteiger partial charge on any atom is 0.262 e. The van der Waals surface area contributed by atoms with E-state index in [-0.39, 0.29) is 17.3 Å². The van der Waals surface area contributed by atoms with Gasteiger partial charge < -0.3 is 15.4 Å². The summed E-state index contributed by atoms with van der Waals surface area (Å²) < 4.78 is 33.7. The number of carbonyl (C=O) groups is 1. The highest BCUT2D eigenvalue weighted by Crippen LogP contribution is 2.28. The van der Waals surface area contributed by atoms with Gasteiger partial charge in [0.15, 0.2) is 0 Å². The van der Waals surface area contributed by atoms with E-state index in [1.807, 2.05) is 0 Å². The largest absolute Gasteiger partial charge is 0.495 e. The molecule has 31 heavy (non-hydrogen) atoms. The Morgan fingerprint density at radius 3 is 2.39 bits per heavy atom. The molecule has 0 bridgehead atoms. The zero-order valence-corrected chi connectivity index (χ0v) is 18.5. The molecular formula is C22H22ClN3O4S. The first-order chi connectivity index (χ1) is 14.8. The molecule has 3 aromatic rings. The van der Waals surface area contributed by atoms with Crippen molar-refractivity contribution in [3.05, 3.63) is 77.3 Å². The van der Waals surface area contributed by atoms with E-state index in [9.17, 15) is 13.2 Å². The Labute approximate surface area is 186 Å². The molecule has 0 spiro atoms. The van der Waals surface area contributed by atoms with Gasteiger partial charge in [-0.1, -0.05) is 41.9 Å². The van der Waals surface area contributed by atoms with Crippen LogP contribution in [0.25, 0.3) is 0 Å². The molecule has 0 heterocycles. The monoisotopic (exact) mass is 459 g/mol. The quantitative estimate of drug-likeness (QED) is 0.460. The molecule has 0 aliphatic rings. The fraction of sp³-hybridized carbons (Fsp3) is 0.136. The molecule has 9 heteroatoms. The highest BCUT2D eigenvalue weighted by Gasteiger charge is 2.20. The van der Waals surface area contributed by atoms with Gasteiger partial charge in [0.2, 0.25) is 5.91 Å². The topological polar surface area (TPSA) is 96.5 Å². The molecule has 0 aliphatic heterocycles. The number of sulfonamides is 1. The van der Waals surface area contributed by atoms with Gasteiger partial charge in [-0.25, -0.2) is 8.42 Å². The third kappa shape index (κ3) is 5.68. The fourth-order valence-corrected chi connectivity index (χ4v) is 4.43. The SMILES string of the molecule is COc1ccccc1NS(=O)(=O)c1cc(NC(=O)CNc2ccccc2Cl)ccc1C. The third-order valence-electron chi connectivity index (χ3n) is 4.43. The molecule has 3 rings (SSSR count). The second-order valence-corrected chi connectivity index (χ2v) is 8.73. The molecule has 0 saturated carbocycles. The zero-order chi connectivity index (χ0) is 22.4. The molecule has 0 unspecified atom stereocenters. The lowest BCUT2D eigenvalue weighted by molar-refractivity contribution is -0.114. The number of nitrogens with one attached hydrogen (secondary N) is 3. The molecule has 0 radical (unpaired) electrons. The number of halogens is 1. The number of carbonyl (C=O) groups excluding carboxylic acids is 1. The smallest absolute Gasteiger partial charge is 0.262 e. The molecule has 0 fully saturated rings. The first kappa shape index (κ1) is 22.5. The lowest BCUT2D eigenvalue weighted by Gasteiger charge is -2.15. The van der Waals surface area contributed by atoms with Crippen LogP contribution < -0.4 is 20.1 Å². The average molecular weight is 460 g/mol. The van der Waals surface area contributed by atoms with Crippen molar-refractivity contribution in [2.75, 3.05) is 29.0 Å². The van der Waals surface area contributed by atoms with Crippen LogP contribution in [0.4, 0.5) is 17.1 Å². The van der Waals surface area contributed by atoms with E-state index < -0.39 is 10.0 Å². The zero-order valence-electron chi connectivity index (χ0n) is 17.0. The summed E-state index contributed by atoms with van der Waals surface area (Å²) in [6, 6.07) is 18.5. The Bertz CT molecular complexity index is 1200. The number of aryl methyl sites for hydroxylation is 1. The van der Waals surface area contributed by atoms with Gasteiger partial charge >= 0.3 is 0 Å². The molecule has 1 amide bonds. The number of benzene rings is 3. The van der Waals surface area contributed by atoms with Crippen molar-refractivity contribution in [3.8, 4) is 5.75 Å². The van der Waals surface area contributed by atoms with E-state index in [0.29, 0.717) is 33.4 Å². The Hall–Kier alpha value is -3.23. The number of para-hydroxylation sites is 3. The highest BCUT2D eigenvalue weighted by atomic mass is 35.5. The number of anilines is 3. The van der Waals surface area contributed by atoms with E-state index in [1.54, 1.807) is 67.6 Å². The number of amides is 1. The summed E-state index contributed by atoms with van der Waals surface area (Å²) in [5, 5.41) is 6.14. The normalized spacial score (nSPS) is 10.9. The second kappa shape index (κ2) is 9.72. The van der Waals surface area contributed by atoms with Crippen LogP contribution in [0.15, 0.2) is 71.6 Å². The highest BCUT2D eigenvalue weighted by molar-refractivity contribution is 7.92. The van der Waals surface area contributed by atoms with Gasteiger partial charge in [0, 0.05) is 5.69 Å². The number of methoxy groups -OCH3 is 1. The number of hydrogen-bond donors (Lipinski definition) is 3. The molecule has 162 valence electrons. The van der Waals surface area contributed by atoms with Gasteiger partial charge in [-0.2, -0.15) is 0 Å². The summed E-state index contributed by atoms with van der Waals surface area (Å²) in [7, 11) is -2.45. The van der Waals surface area contributed by atoms with E-state index in [2.05, 4.69) is 15.4 Å². The fourth-order valence-electron chi connectivity index (χ4n) is 2.88. The predicted octanol–water partition coefficient (Wildman–Crippen LogP) is 4.51. The lowest BCUT2D eigenvalue weighted by atomic mass is 10.2. The molecule has 0 aliphatic carbocycles. The molecule has 3 aromatic carbocycles. The van der Waals surface area contributed by atoms with Crippen molar-refractivity contribution < 1.29 is 17.9 Å². The molecule has 0 aromatic heterocycles. The molecule has 0 atom stereocenters. The van der Waals surface area contributed by atoms with Gasteiger partial charge in [0.25, 0.3) is 10.0 Å². The Kier molecular flexibility index (Phi) is 7.04. The molecular weight excluding hydrogens is 438 g/mol. The van der Waals surface area contributed by atoms with Gasteiger partial charge in [-0.3, -0.25) is 9.52 Å². The number of ether oxygens (including phenoxy) is 1. The van der Waals surface area contributed by atoms with E-state index in [0.717, 1.165) is 0 Å². The van der Waals surface area contributed by atoms with Crippen LogP contribution in [0.2, 0.25) is 5.02 Å². The van der Waals surface area contributed by atoms with E-state index in [1.165, 1.54) is 13.2 Å². The van der Waals surface area contributed by atoms with Gasteiger partial charge in [-0.15, -0.1) is 0 Å². The van der Waals surface area contributed by atoms with Crippen LogP contribution in [-0.4, -0.2) is 28.0 Å². The van der Waals surface area contributed by atoms with Crippen LogP contribution in [-0.2, 0) is 14.8 Å². The maximum atomic E-state index is 13.0. The molecule has 0 saturated heterocycles. The van der Waals surface area contributed by atoms with Crippen LogP contribution in [0.3, 0.4) is 0 Å². The summed E-state index contributed by atoms with van der Waals surface area (Å²) >= 11 is 6.07. The predicted molar refractivity (Wildman–Crippen MR) is 124 cm³/mol. The van der Waals surface area contributed by atoms with E-state index >= 15 is 0 Å². The van der Waals surface area contributed by atoms with Crippen LogP contribution >= 0.6 is 11.6 Å². The van der Waals surface area contributed by atoms with Crippen molar-refractivity contribution >= 4 is 44.6 Å². The number of hydrogen-bond acceptors (Lipinski definition) is 5. The summed E-state index contributed by atoms with van der Waals surface area (Å²) in [6.07, 6.45) is 0. The second-order valence-electron chi connectivity index (χ2n) is 6.67. The van der Waals surface area contributed by atoms with Crippen molar-refractivity contribution in [2.24, 2.45) is 0 Å². The van der Waals surface area contributed by atoms with E-state index in [4.69, 9.17) is 16.3 Å². The Morgan fingerprint density at radius 1 is 1.00 bits per heavy atom. The van der Waals surface area contributed by atoms with Crippen molar-refractivity contribution in [1.82, 2.24) is 0 Å². The molecule has 3 N–H and O–H groups in total. The summed E-state index contributed by atoms with van der Waals surface area (Å²) in [5.41, 5.74) is 1.85.